The molecule has 0 heterocycles. The lowest BCUT2D eigenvalue weighted by Gasteiger charge is -2.01. The van der Waals surface area contributed by atoms with Crippen molar-refractivity contribution in [2.45, 2.75) is 12.3 Å². The number of hydrogen-bond acceptors (Lipinski definition) is 0. The van der Waals surface area contributed by atoms with Crippen molar-refractivity contribution in [1.82, 2.24) is 0 Å². The Morgan fingerprint density at radius 3 is 2.40 bits per heavy atom. The van der Waals surface area contributed by atoms with Crippen LogP contribution in [0.4, 0.5) is 0 Å². The molecule has 0 saturated carbocycles. The van der Waals surface area contributed by atoms with Crippen LogP contribution in [0.25, 0.3) is 0 Å². The highest BCUT2D eigenvalue weighted by Gasteiger charge is 2.05. The number of alkyl halides is 1. The summed E-state index contributed by atoms with van der Waals surface area (Å²) >= 11 is 5.71. The first-order valence-corrected chi connectivity index (χ1v) is 3.55. The van der Waals surface area contributed by atoms with Crippen molar-refractivity contribution >= 4 is 11.6 Å². The Balaban J connectivity index is 3.03. The fourth-order valence-corrected chi connectivity index (χ4v) is 0.989. The highest BCUT2D eigenvalue weighted by Crippen LogP contribution is 2.27. The van der Waals surface area contributed by atoms with Gasteiger partial charge < -0.3 is 0 Å². The van der Waals surface area contributed by atoms with Crippen LogP contribution in [0.5, 0.6) is 5.75 Å². The lowest BCUT2D eigenvalue weighted by Crippen LogP contribution is -1.82. The van der Waals surface area contributed by atoms with E-state index in [2.05, 4.69) is 0 Å². The Kier molecular flexibility index (Phi) is 2.17. The summed E-state index contributed by atoms with van der Waals surface area (Å²) in [5.41, 5.74) is 0.671. The summed E-state index contributed by atoms with van der Waals surface area (Å²) < 4.78 is 0. The summed E-state index contributed by atoms with van der Waals surface area (Å²) in [6, 6.07) is 6.80. The van der Waals surface area contributed by atoms with Gasteiger partial charge in [-0.25, -0.2) is 0 Å². The quantitative estimate of drug-likeness (QED) is 0.556. The molecular formula is C8H8ClO. The maximum Gasteiger partial charge on any atom is 0.183 e. The van der Waals surface area contributed by atoms with Crippen molar-refractivity contribution in [3.8, 4) is 5.75 Å². The number of para-hydroxylation sites is 1. The van der Waals surface area contributed by atoms with E-state index in [1.165, 1.54) is 6.07 Å². The highest BCUT2D eigenvalue weighted by atomic mass is 35.5. The summed E-state index contributed by atoms with van der Waals surface area (Å²) in [6.07, 6.45) is 0. The molecule has 0 amide bonds. The Morgan fingerprint density at radius 1 is 1.40 bits per heavy atom. The molecule has 0 saturated heterocycles. The van der Waals surface area contributed by atoms with Crippen molar-refractivity contribution in [2.24, 2.45) is 0 Å². The van der Waals surface area contributed by atoms with Gasteiger partial charge in [-0.2, -0.15) is 0 Å². The van der Waals surface area contributed by atoms with E-state index in [1.54, 1.807) is 19.1 Å². The Hall–Kier alpha value is -0.690. The summed E-state index contributed by atoms with van der Waals surface area (Å²) in [5.74, 6) is 0.0185. The van der Waals surface area contributed by atoms with Gasteiger partial charge in [0.15, 0.2) is 5.75 Å². The van der Waals surface area contributed by atoms with E-state index in [-0.39, 0.29) is 11.1 Å². The van der Waals surface area contributed by atoms with E-state index in [1.807, 2.05) is 6.07 Å². The van der Waals surface area contributed by atoms with Crippen LogP contribution in [-0.4, -0.2) is 0 Å². The van der Waals surface area contributed by atoms with Crippen LogP contribution >= 0.6 is 11.6 Å². The maximum atomic E-state index is 11.0. The van der Waals surface area contributed by atoms with Gasteiger partial charge in [0.1, 0.15) is 0 Å². The number of benzene rings is 1. The second-order valence-corrected chi connectivity index (χ2v) is 2.81. The smallest absolute Gasteiger partial charge is 0.183 e. The zero-order valence-electron chi connectivity index (χ0n) is 5.67. The lowest BCUT2D eigenvalue weighted by atomic mass is 10.1. The summed E-state index contributed by atoms with van der Waals surface area (Å²) in [6.45, 7) is 1.79. The van der Waals surface area contributed by atoms with Crippen molar-refractivity contribution in [3.05, 3.63) is 29.8 Å². The Bertz CT molecular complexity index is 220. The maximum absolute atomic E-state index is 11.0. The van der Waals surface area contributed by atoms with Crippen molar-refractivity contribution in [1.29, 1.82) is 0 Å². The molecule has 1 atom stereocenters. The van der Waals surface area contributed by atoms with Gasteiger partial charge in [-0.1, -0.05) is 18.2 Å². The highest BCUT2D eigenvalue weighted by molar-refractivity contribution is 6.20. The van der Waals surface area contributed by atoms with Gasteiger partial charge in [0.05, 0.1) is 5.38 Å². The first-order valence-electron chi connectivity index (χ1n) is 3.12. The van der Waals surface area contributed by atoms with Crippen molar-refractivity contribution in [3.63, 3.8) is 0 Å². The van der Waals surface area contributed by atoms with Crippen LogP contribution < -0.4 is 0 Å². The van der Waals surface area contributed by atoms with Gasteiger partial charge in [-0.05, 0) is 13.0 Å². The third-order valence-electron chi connectivity index (χ3n) is 1.35. The molecule has 0 spiro atoms. The topological polar surface area (TPSA) is 19.9 Å². The van der Waals surface area contributed by atoms with Crippen LogP contribution in [0, 0.1) is 0 Å². The number of rotatable bonds is 1. The lowest BCUT2D eigenvalue weighted by molar-refractivity contribution is 0.350. The molecule has 0 aromatic heterocycles. The molecule has 0 aliphatic carbocycles. The average Bonchev–Trinajstić information content (AvgIpc) is 1.88. The molecular weight excluding hydrogens is 148 g/mol. The molecule has 0 N–H and O–H groups in total. The predicted octanol–water partition coefficient (Wildman–Crippen LogP) is 3.13. The van der Waals surface area contributed by atoms with Crippen LogP contribution in [0.2, 0.25) is 0 Å². The number of halogens is 1. The van der Waals surface area contributed by atoms with Gasteiger partial charge in [0.25, 0.3) is 0 Å². The molecule has 1 rings (SSSR count). The molecule has 1 aromatic rings. The minimum Gasteiger partial charge on any atom is -0.290 e. The van der Waals surface area contributed by atoms with E-state index < -0.39 is 0 Å². The van der Waals surface area contributed by atoms with Crippen molar-refractivity contribution in [2.75, 3.05) is 0 Å². The summed E-state index contributed by atoms with van der Waals surface area (Å²) in [4.78, 5) is 0. The van der Waals surface area contributed by atoms with E-state index >= 15 is 0 Å². The fraction of sp³-hybridized carbons (Fsp3) is 0.250. The van der Waals surface area contributed by atoms with E-state index in [0.29, 0.717) is 5.56 Å². The third kappa shape index (κ3) is 1.42. The van der Waals surface area contributed by atoms with E-state index in [0.717, 1.165) is 0 Å². The summed E-state index contributed by atoms with van der Waals surface area (Å²) in [7, 11) is 0. The van der Waals surface area contributed by atoms with Gasteiger partial charge in [0.2, 0.25) is 0 Å². The van der Waals surface area contributed by atoms with Crippen LogP contribution in [0.15, 0.2) is 24.3 Å². The molecule has 1 radical (unpaired) electrons. The Labute approximate surface area is 65.3 Å². The van der Waals surface area contributed by atoms with Gasteiger partial charge >= 0.3 is 0 Å². The zero-order chi connectivity index (χ0) is 7.56. The first kappa shape index (κ1) is 7.42. The minimum absolute atomic E-state index is 0.0185. The minimum atomic E-state index is -0.186. The van der Waals surface area contributed by atoms with Crippen LogP contribution in [-0.2, 0) is 5.11 Å². The molecule has 0 bridgehead atoms. The Morgan fingerprint density at radius 2 is 2.00 bits per heavy atom. The molecule has 1 aromatic carbocycles. The average molecular weight is 156 g/mol. The molecule has 0 fully saturated rings. The molecule has 1 nitrogen and oxygen atoms in total. The first-order chi connectivity index (χ1) is 4.72. The number of hydrogen-bond donors (Lipinski definition) is 0. The molecule has 1 unspecified atom stereocenters. The van der Waals surface area contributed by atoms with Crippen LogP contribution in [0.1, 0.15) is 17.9 Å². The SMILES string of the molecule is CC(Cl)c1ccccc1[O]. The van der Waals surface area contributed by atoms with Gasteiger partial charge in [-0.15, -0.1) is 11.6 Å². The zero-order valence-corrected chi connectivity index (χ0v) is 6.43. The normalized spacial score (nSPS) is 13.0. The molecule has 10 heavy (non-hydrogen) atoms. The largest absolute Gasteiger partial charge is 0.290 e. The molecule has 53 valence electrons. The van der Waals surface area contributed by atoms with Crippen molar-refractivity contribution < 1.29 is 5.11 Å². The second-order valence-electron chi connectivity index (χ2n) is 2.15. The third-order valence-corrected chi connectivity index (χ3v) is 1.58. The molecule has 0 aliphatic rings. The van der Waals surface area contributed by atoms with E-state index in [9.17, 15) is 5.11 Å². The predicted molar refractivity (Wildman–Crippen MR) is 40.8 cm³/mol. The molecule has 2 heteroatoms. The molecule has 0 aliphatic heterocycles. The van der Waals surface area contributed by atoms with E-state index in [4.69, 9.17) is 11.6 Å². The monoisotopic (exact) mass is 155 g/mol. The van der Waals surface area contributed by atoms with Gasteiger partial charge in [-0.3, -0.25) is 5.11 Å². The van der Waals surface area contributed by atoms with Gasteiger partial charge in [0, 0.05) is 5.56 Å². The standard InChI is InChI=1S/C8H8ClO/c1-6(9)7-4-2-3-5-8(7)10/h2-6H,1H3. The second kappa shape index (κ2) is 2.93. The van der Waals surface area contributed by atoms with Crippen LogP contribution in [0.3, 0.4) is 0 Å². The fourth-order valence-electron chi connectivity index (χ4n) is 0.809. The summed E-state index contributed by atoms with van der Waals surface area (Å²) in [5, 5.41) is 10.8.